The molecule has 31 heavy (non-hydrogen) atoms. The van der Waals surface area contributed by atoms with E-state index in [2.05, 4.69) is 20.8 Å². The van der Waals surface area contributed by atoms with Crippen molar-refractivity contribution in [3.05, 3.63) is 46.4 Å². The summed E-state index contributed by atoms with van der Waals surface area (Å²) in [4.78, 5) is 40.3. The molecular weight excluding hydrogens is 428 g/mol. The fourth-order valence-corrected chi connectivity index (χ4v) is 3.03. The van der Waals surface area contributed by atoms with Crippen LogP contribution < -0.4 is 10.6 Å². The largest absolute Gasteiger partial charge is 0.463 e. The van der Waals surface area contributed by atoms with Crippen molar-refractivity contribution in [2.45, 2.75) is 32.7 Å². The van der Waals surface area contributed by atoms with Gasteiger partial charge < -0.3 is 24.6 Å². The van der Waals surface area contributed by atoms with Crippen LogP contribution >= 0.6 is 11.6 Å². The van der Waals surface area contributed by atoms with Crippen LogP contribution in [0.4, 0.5) is 4.79 Å². The minimum absolute atomic E-state index is 0.0218. The number of halogens is 1. The number of ether oxygens (including phenoxy) is 2. The number of carbonyl (C=O) groups excluding carboxylic acids is 3. The molecular formula is C20H21ClN4O6. The molecule has 0 fully saturated rings. The second kappa shape index (κ2) is 10.1. The molecule has 0 aliphatic carbocycles. The lowest BCUT2D eigenvalue weighted by Crippen LogP contribution is -2.50. The maximum Gasteiger partial charge on any atom is 0.338 e. The molecule has 164 valence electrons. The van der Waals surface area contributed by atoms with Gasteiger partial charge >= 0.3 is 18.0 Å². The Bertz CT molecular complexity index is 1000. The molecule has 1 unspecified atom stereocenters. The molecule has 10 nitrogen and oxygen atoms in total. The molecule has 0 bridgehead atoms. The molecule has 0 radical (unpaired) electrons. The third-order valence-corrected chi connectivity index (χ3v) is 4.61. The van der Waals surface area contributed by atoms with Crippen LogP contribution in [0.1, 0.15) is 26.2 Å². The zero-order valence-corrected chi connectivity index (χ0v) is 17.7. The van der Waals surface area contributed by atoms with Gasteiger partial charge in [-0.05, 0) is 38.1 Å². The monoisotopic (exact) mass is 448 g/mol. The number of hydrogen-bond donors (Lipinski definition) is 2. The number of nitrogens with one attached hydrogen (secondary N) is 2. The SMILES string of the molecule is CCOC(=O)C1=C(COC(=O)CCc2nc(-c3ccc(Cl)cc3)no2)NC(=O)NC1C. The Morgan fingerprint density at radius 1 is 1.23 bits per heavy atom. The van der Waals surface area contributed by atoms with Crippen LogP contribution in [0.5, 0.6) is 0 Å². The summed E-state index contributed by atoms with van der Waals surface area (Å²) in [6, 6.07) is 5.87. The highest BCUT2D eigenvalue weighted by atomic mass is 35.5. The van der Waals surface area contributed by atoms with Gasteiger partial charge in [0.1, 0.15) is 6.61 Å². The summed E-state index contributed by atoms with van der Waals surface area (Å²) in [5, 5.41) is 9.54. The van der Waals surface area contributed by atoms with Gasteiger partial charge in [0.05, 0.1) is 30.3 Å². The third kappa shape index (κ3) is 5.82. The van der Waals surface area contributed by atoms with Gasteiger partial charge in [-0.15, -0.1) is 0 Å². The molecule has 3 rings (SSSR count). The van der Waals surface area contributed by atoms with Crippen molar-refractivity contribution in [2.24, 2.45) is 0 Å². The number of hydrogen-bond acceptors (Lipinski definition) is 8. The topological polar surface area (TPSA) is 133 Å². The normalized spacial score (nSPS) is 15.8. The lowest BCUT2D eigenvalue weighted by atomic mass is 10.0. The summed E-state index contributed by atoms with van der Waals surface area (Å²) in [7, 11) is 0. The first-order valence-electron chi connectivity index (χ1n) is 9.59. The molecule has 1 aromatic heterocycles. The smallest absolute Gasteiger partial charge is 0.338 e. The van der Waals surface area contributed by atoms with Gasteiger partial charge in [-0.25, -0.2) is 9.59 Å². The maximum atomic E-state index is 12.2. The van der Waals surface area contributed by atoms with E-state index in [-0.39, 0.29) is 43.2 Å². The van der Waals surface area contributed by atoms with E-state index in [1.54, 1.807) is 38.1 Å². The van der Waals surface area contributed by atoms with E-state index in [4.69, 9.17) is 25.6 Å². The van der Waals surface area contributed by atoms with E-state index in [0.717, 1.165) is 5.56 Å². The van der Waals surface area contributed by atoms with Gasteiger partial charge in [0.25, 0.3) is 0 Å². The zero-order chi connectivity index (χ0) is 22.4. The first kappa shape index (κ1) is 22.3. The summed E-state index contributed by atoms with van der Waals surface area (Å²) in [5.41, 5.74) is 1.13. The Morgan fingerprint density at radius 2 is 1.97 bits per heavy atom. The minimum atomic E-state index is -0.589. The molecule has 11 heteroatoms. The second-order valence-electron chi connectivity index (χ2n) is 6.61. The van der Waals surface area contributed by atoms with Crippen molar-refractivity contribution in [1.29, 1.82) is 0 Å². The van der Waals surface area contributed by atoms with Crippen LogP contribution in [0.2, 0.25) is 5.02 Å². The first-order chi connectivity index (χ1) is 14.9. The summed E-state index contributed by atoms with van der Waals surface area (Å²) in [6.07, 6.45) is 0.152. The Hall–Kier alpha value is -3.40. The number of benzene rings is 1. The third-order valence-electron chi connectivity index (χ3n) is 4.36. The fourth-order valence-electron chi connectivity index (χ4n) is 2.90. The van der Waals surface area contributed by atoms with E-state index < -0.39 is 24.0 Å². The van der Waals surface area contributed by atoms with Gasteiger partial charge in [-0.2, -0.15) is 4.98 Å². The van der Waals surface area contributed by atoms with Crippen LogP contribution in [0, 0.1) is 0 Å². The Morgan fingerprint density at radius 3 is 2.68 bits per heavy atom. The zero-order valence-electron chi connectivity index (χ0n) is 16.9. The Balaban J connectivity index is 1.57. The molecule has 0 saturated heterocycles. The average Bonchev–Trinajstić information content (AvgIpc) is 3.20. The van der Waals surface area contributed by atoms with Crippen molar-refractivity contribution in [3.8, 4) is 11.4 Å². The molecule has 2 aromatic rings. The predicted octanol–water partition coefficient (Wildman–Crippen LogP) is 2.38. The molecule has 0 spiro atoms. The molecule has 1 aliphatic heterocycles. The summed E-state index contributed by atoms with van der Waals surface area (Å²) < 4.78 is 15.4. The van der Waals surface area contributed by atoms with Crippen LogP contribution in [-0.4, -0.2) is 47.4 Å². The van der Waals surface area contributed by atoms with E-state index >= 15 is 0 Å². The highest BCUT2D eigenvalue weighted by Gasteiger charge is 2.30. The predicted molar refractivity (Wildman–Crippen MR) is 109 cm³/mol. The van der Waals surface area contributed by atoms with Crippen molar-refractivity contribution in [2.75, 3.05) is 13.2 Å². The van der Waals surface area contributed by atoms with E-state index in [1.807, 2.05) is 0 Å². The van der Waals surface area contributed by atoms with Gasteiger partial charge in [-0.1, -0.05) is 16.8 Å². The van der Waals surface area contributed by atoms with Crippen LogP contribution in [0.15, 0.2) is 40.1 Å². The van der Waals surface area contributed by atoms with Crippen molar-refractivity contribution in [3.63, 3.8) is 0 Å². The van der Waals surface area contributed by atoms with Crippen LogP contribution in [-0.2, 0) is 25.5 Å². The van der Waals surface area contributed by atoms with Crippen molar-refractivity contribution >= 4 is 29.6 Å². The molecule has 1 atom stereocenters. The highest BCUT2D eigenvalue weighted by Crippen LogP contribution is 2.19. The van der Waals surface area contributed by atoms with Crippen molar-refractivity contribution < 1.29 is 28.4 Å². The molecule has 2 amide bonds. The van der Waals surface area contributed by atoms with Gasteiger partial charge in [-0.3, -0.25) is 4.79 Å². The first-order valence-corrected chi connectivity index (χ1v) is 9.97. The summed E-state index contributed by atoms with van der Waals surface area (Å²) in [6.45, 7) is 3.22. The van der Waals surface area contributed by atoms with E-state index in [9.17, 15) is 14.4 Å². The number of aryl methyl sites for hydroxylation is 1. The number of esters is 2. The number of carbonyl (C=O) groups is 3. The second-order valence-corrected chi connectivity index (χ2v) is 7.05. The fraction of sp³-hybridized carbons (Fsp3) is 0.350. The number of nitrogens with zero attached hydrogens (tertiary/aromatic N) is 2. The maximum absolute atomic E-state index is 12.2. The van der Waals surface area contributed by atoms with Crippen molar-refractivity contribution in [1.82, 2.24) is 20.8 Å². The number of aromatic nitrogens is 2. The Kier molecular flexibility index (Phi) is 7.24. The average molecular weight is 449 g/mol. The molecule has 1 aromatic carbocycles. The minimum Gasteiger partial charge on any atom is -0.463 e. The standard InChI is InChI=1S/C20H21ClN4O6/c1-3-29-19(27)17-11(2)22-20(28)23-14(17)10-30-16(26)9-8-15-24-18(25-31-15)12-4-6-13(21)7-5-12/h4-7,11H,3,8-10H2,1-2H3,(H2,22,23,28). The van der Waals surface area contributed by atoms with Crippen LogP contribution in [0.3, 0.4) is 0 Å². The molecule has 0 saturated carbocycles. The number of amides is 2. The lowest BCUT2D eigenvalue weighted by molar-refractivity contribution is -0.143. The van der Waals surface area contributed by atoms with Crippen LogP contribution in [0.25, 0.3) is 11.4 Å². The summed E-state index contributed by atoms with van der Waals surface area (Å²) >= 11 is 5.86. The number of rotatable bonds is 8. The number of urea groups is 1. The quantitative estimate of drug-likeness (QED) is 0.588. The van der Waals surface area contributed by atoms with E-state index in [1.165, 1.54) is 0 Å². The summed E-state index contributed by atoms with van der Waals surface area (Å²) in [5.74, 6) is -0.482. The molecule has 2 N–H and O–H groups in total. The van der Waals surface area contributed by atoms with Gasteiger partial charge in [0.2, 0.25) is 11.7 Å². The molecule has 2 heterocycles. The lowest BCUT2D eigenvalue weighted by Gasteiger charge is -2.26. The molecule has 1 aliphatic rings. The van der Waals surface area contributed by atoms with E-state index in [0.29, 0.717) is 10.8 Å². The van der Waals surface area contributed by atoms with Gasteiger partial charge in [0.15, 0.2) is 0 Å². The van der Waals surface area contributed by atoms with Gasteiger partial charge in [0, 0.05) is 17.0 Å². The Labute approximate surface area is 182 Å². The highest BCUT2D eigenvalue weighted by molar-refractivity contribution is 6.30.